The summed E-state index contributed by atoms with van der Waals surface area (Å²) in [5.41, 5.74) is 0.450. The molecule has 4 rings (SSSR count). The fourth-order valence-electron chi connectivity index (χ4n) is 3.67. The molecule has 2 aromatic carbocycles. The number of hydrogen-bond donors (Lipinski definition) is 2. The van der Waals surface area contributed by atoms with Crippen LogP contribution in [0.4, 0.5) is 8.78 Å². The minimum absolute atomic E-state index is 0.00520. The van der Waals surface area contributed by atoms with Gasteiger partial charge in [0.15, 0.2) is 5.82 Å². The highest BCUT2D eigenvalue weighted by molar-refractivity contribution is 7.88. The number of nitrogens with one attached hydrogen (secondary N) is 2. The van der Waals surface area contributed by atoms with E-state index in [0.29, 0.717) is 17.7 Å². The molecule has 8 nitrogen and oxygen atoms in total. The van der Waals surface area contributed by atoms with Crippen LogP contribution in [-0.2, 0) is 10.0 Å². The van der Waals surface area contributed by atoms with Gasteiger partial charge in [-0.15, -0.1) is 0 Å². The van der Waals surface area contributed by atoms with Gasteiger partial charge in [0, 0.05) is 24.2 Å². The number of H-pyrrole nitrogens is 1. The number of likely N-dealkylation sites (tertiary alicyclic amines) is 1. The minimum atomic E-state index is -3.54. The lowest BCUT2D eigenvalue weighted by Gasteiger charge is -2.23. The second-order valence-electron chi connectivity index (χ2n) is 7.33. The summed E-state index contributed by atoms with van der Waals surface area (Å²) in [7, 11) is -3.54. The third kappa shape index (κ3) is 4.62. The minimum Gasteiger partial charge on any atom is -0.327 e. The molecule has 1 fully saturated rings. The van der Waals surface area contributed by atoms with Gasteiger partial charge < -0.3 is 4.90 Å². The van der Waals surface area contributed by atoms with Crippen molar-refractivity contribution in [1.29, 1.82) is 0 Å². The summed E-state index contributed by atoms with van der Waals surface area (Å²) < 4.78 is 53.4. The normalized spacial score (nSPS) is 19.0. The van der Waals surface area contributed by atoms with Crippen molar-refractivity contribution in [2.75, 3.05) is 12.8 Å². The lowest BCUT2D eigenvalue weighted by atomic mass is 10.1. The molecule has 1 aliphatic rings. The number of amides is 1. The number of carbonyl (C=O) groups excluding carboxylic acids is 1. The van der Waals surface area contributed by atoms with Crippen LogP contribution in [0.15, 0.2) is 48.5 Å². The van der Waals surface area contributed by atoms with Crippen LogP contribution in [0.1, 0.15) is 28.6 Å². The van der Waals surface area contributed by atoms with Gasteiger partial charge >= 0.3 is 0 Å². The fraction of sp³-hybridized carbons (Fsp3) is 0.250. The number of benzene rings is 2. The van der Waals surface area contributed by atoms with E-state index < -0.39 is 39.6 Å². The lowest BCUT2D eigenvalue weighted by molar-refractivity contribution is 0.0723. The predicted octanol–water partition coefficient (Wildman–Crippen LogP) is 2.25. The Kier molecular flexibility index (Phi) is 5.54. The van der Waals surface area contributed by atoms with E-state index in [9.17, 15) is 22.0 Å². The van der Waals surface area contributed by atoms with E-state index in [0.717, 1.165) is 24.0 Å². The Balaban J connectivity index is 1.67. The summed E-state index contributed by atoms with van der Waals surface area (Å²) in [6.07, 6.45) is 1.24. The maximum atomic E-state index is 14.2. The van der Waals surface area contributed by atoms with Crippen LogP contribution in [0.3, 0.4) is 0 Å². The largest absolute Gasteiger partial charge is 0.327 e. The number of aromatic amines is 1. The first-order valence-corrected chi connectivity index (χ1v) is 11.3. The van der Waals surface area contributed by atoms with Crippen molar-refractivity contribution >= 4 is 15.9 Å². The number of sulfonamides is 1. The quantitative estimate of drug-likeness (QED) is 0.624. The highest BCUT2D eigenvalue weighted by Crippen LogP contribution is 2.33. The first-order valence-electron chi connectivity index (χ1n) is 9.42. The monoisotopic (exact) mass is 447 g/mol. The van der Waals surface area contributed by atoms with Gasteiger partial charge in [-0.25, -0.2) is 26.9 Å². The average molecular weight is 447 g/mol. The van der Waals surface area contributed by atoms with E-state index >= 15 is 0 Å². The van der Waals surface area contributed by atoms with Crippen molar-refractivity contribution in [3.8, 4) is 11.4 Å². The first kappa shape index (κ1) is 21.1. The lowest BCUT2D eigenvalue weighted by Crippen LogP contribution is -2.38. The van der Waals surface area contributed by atoms with E-state index in [4.69, 9.17) is 0 Å². The van der Waals surface area contributed by atoms with Crippen molar-refractivity contribution < 1.29 is 22.0 Å². The zero-order valence-electron chi connectivity index (χ0n) is 16.4. The first-order chi connectivity index (χ1) is 14.7. The van der Waals surface area contributed by atoms with Crippen molar-refractivity contribution in [2.24, 2.45) is 0 Å². The molecule has 2 heterocycles. The van der Waals surface area contributed by atoms with Crippen molar-refractivity contribution in [3.63, 3.8) is 0 Å². The van der Waals surface area contributed by atoms with Crippen molar-refractivity contribution in [2.45, 2.75) is 18.5 Å². The molecule has 0 aliphatic carbocycles. The summed E-state index contributed by atoms with van der Waals surface area (Å²) in [4.78, 5) is 18.9. The molecule has 0 radical (unpaired) electrons. The molecule has 1 aliphatic heterocycles. The summed E-state index contributed by atoms with van der Waals surface area (Å²) in [5.74, 6) is -1.74. The number of aromatic nitrogens is 3. The van der Waals surface area contributed by atoms with E-state index in [1.54, 1.807) is 0 Å². The molecule has 31 heavy (non-hydrogen) atoms. The Labute approximate surface area is 177 Å². The molecule has 0 bridgehead atoms. The maximum Gasteiger partial charge on any atom is 0.257 e. The molecule has 3 aromatic rings. The van der Waals surface area contributed by atoms with Gasteiger partial charge in [-0.1, -0.05) is 30.3 Å². The molecular weight excluding hydrogens is 428 g/mol. The molecule has 162 valence electrons. The molecule has 0 unspecified atom stereocenters. The van der Waals surface area contributed by atoms with Gasteiger partial charge in [0.2, 0.25) is 10.0 Å². The Morgan fingerprint density at radius 2 is 1.94 bits per heavy atom. The highest BCUT2D eigenvalue weighted by Gasteiger charge is 2.40. The standard InChI is InChI=1S/C20H19F2N5O3S/c1-31(29,30)26-14-10-17(19-23-18(24-25-19)12-5-3-2-4-6-12)27(11-14)20(28)15-8-7-13(21)9-16(15)22/h2-9,14,17,26H,10-11H2,1H3,(H,23,24,25)/t14-,17-/m0/s1. The van der Waals surface area contributed by atoms with Gasteiger partial charge in [-0.2, -0.15) is 5.10 Å². The van der Waals surface area contributed by atoms with E-state index in [1.165, 1.54) is 4.90 Å². The number of carbonyl (C=O) groups is 1. The number of halogens is 2. The van der Waals surface area contributed by atoms with Gasteiger partial charge in [0.25, 0.3) is 5.91 Å². The third-order valence-corrected chi connectivity index (χ3v) is 5.72. The topological polar surface area (TPSA) is 108 Å². The molecular formula is C20H19F2N5O3S. The summed E-state index contributed by atoms with van der Waals surface area (Å²) in [6, 6.07) is 10.6. The Bertz CT molecular complexity index is 1220. The van der Waals surface area contributed by atoms with Crippen molar-refractivity contribution in [3.05, 3.63) is 71.6 Å². The second kappa shape index (κ2) is 8.16. The van der Waals surface area contributed by atoms with Gasteiger partial charge in [0.05, 0.1) is 17.9 Å². The summed E-state index contributed by atoms with van der Waals surface area (Å²) in [5, 5.41) is 6.99. The molecule has 2 atom stereocenters. The van der Waals surface area contributed by atoms with Crippen LogP contribution >= 0.6 is 0 Å². The van der Waals surface area contributed by atoms with Crippen molar-refractivity contribution in [1.82, 2.24) is 24.8 Å². The fourth-order valence-corrected chi connectivity index (χ4v) is 4.44. The number of hydrogen-bond acceptors (Lipinski definition) is 5. The zero-order valence-corrected chi connectivity index (χ0v) is 17.2. The van der Waals surface area contributed by atoms with Crippen LogP contribution in [-0.4, -0.2) is 53.2 Å². The smallest absolute Gasteiger partial charge is 0.257 e. The van der Waals surface area contributed by atoms with E-state index in [1.807, 2.05) is 30.3 Å². The second-order valence-corrected chi connectivity index (χ2v) is 9.11. The summed E-state index contributed by atoms with van der Waals surface area (Å²) in [6.45, 7) is -0.00520. The number of nitrogens with zero attached hydrogens (tertiary/aromatic N) is 3. The van der Waals surface area contributed by atoms with Crippen LogP contribution in [0.5, 0.6) is 0 Å². The molecule has 0 saturated carbocycles. The van der Waals surface area contributed by atoms with Crippen LogP contribution in [0, 0.1) is 11.6 Å². The molecule has 2 N–H and O–H groups in total. The maximum absolute atomic E-state index is 14.2. The van der Waals surface area contributed by atoms with Gasteiger partial charge in [0.1, 0.15) is 17.5 Å². The Morgan fingerprint density at radius 1 is 1.19 bits per heavy atom. The van der Waals surface area contributed by atoms with Crippen LogP contribution in [0.2, 0.25) is 0 Å². The molecule has 1 saturated heterocycles. The molecule has 1 amide bonds. The van der Waals surface area contributed by atoms with Gasteiger partial charge in [-0.05, 0) is 18.6 Å². The molecule has 0 spiro atoms. The number of rotatable bonds is 5. The van der Waals surface area contributed by atoms with Crippen LogP contribution < -0.4 is 4.72 Å². The van der Waals surface area contributed by atoms with E-state index in [-0.39, 0.29) is 18.5 Å². The molecule has 1 aromatic heterocycles. The highest BCUT2D eigenvalue weighted by atomic mass is 32.2. The molecule has 11 heteroatoms. The third-order valence-electron chi connectivity index (χ3n) is 4.95. The van der Waals surface area contributed by atoms with Gasteiger partial charge in [-0.3, -0.25) is 9.89 Å². The Morgan fingerprint density at radius 3 is 2.61 bits per heavy atom. The van der Waals surface area contributed by atoms with Crippen LogP contribution in [0.25, 0.3) is 11.4 Å². The Hall–Kier alpha value is -3.18. The van der Waals surface area contributed by atoms with E-state index in [2.05, 4.69) is 19.9 Å². The predicted molar refractivity (Wildman–Crippen MR) is 108 cm³/mol. The average Bonchev–Trinajstić information content (AvgIpc) is 3.34. The summed E-state index contributed by atoms with van der Waals surface area (Å²) >= 11 is 0. The zero-order chi connectivity index (χ0) is 22.2. The SMILES string of the molecule is CS(=O)(=O)N[C@H]1C[C@@H](c2nc(-c3ccccc3)n[nH]2)N(C(=O)c2ccc(F)cc2F)C1.